The molecule has 1 saturated carbocycles. The van der Waals surface area contributed by atoms with Gasteiger partial charge in [-0.1, -0.05) is 51.5 Å². The maximum atomic E-state index is 6.74. The van der Waals surface area contributed by atoms with Crippen molar-refractivity contribution in [1.29, 1.82) is 0 Å². The van der Waals surface area contributed by atoms with Crippen molar-refractivity contribution in [2.75, 3.05) is 0 Å². The molecular formula is C19H24ClN. The van der Waals surface area contributed by atoms with Gasteiger partial charge in [0, 0.05) is 17.0 Å². The number of alkyl halides is 1. The quantitative estimate of drug-likeness (QED) is 0.662. The largest absolute Gasteiger partial charge is 0.256 e. The van der Waals surface area contributed by atoms with E-state index in [0.29, 0.717) is 5.92 Å². The Labute approximate surface area is 132 Å². The molecule has 0 aliphatic heterocycles. The molecule has 3 rings (SSSR count). The predicted octanol–water partition coefficient (Wildman–Crippen LogP) is 5.56. The molecule has 0 saturated heterocycles. The van der Waals surface area contributed by atoms with Gasteiger partial charge in [-0.3, -0.25) is 4.98 Å². The van der Waals surface area contributed by atoms with E-state index >= 15 is 0 Å². The molecule has 0 N–H and O–H groups in total. The molecule has 1 aromatic carbocycles. The summed E-state index contributed by atoms with van der Waals surface area (Å²) < 4.78 is 0. The zero-order valence-electron chi connectivity index (χ0n) is 13.1. The Morgan fingerprint density at radius 1 is 1.14 bits per heavy atom. The first kappa shape index (κ1) is 14.8. The molecular weight excluding hydrogens is 278 g/mol. The summed E-state index contributed by atoms with van der Waals surface area (Å²) in [7, 11) is 0. The molecule has 1 aromatic heterocycles. The van der Waals surface area contributed by atoms with Crippen molar-refractivity contribution in [2.24, 2.45) is 11.8 Å². The minimum atomic E-state index is 0.0560. The number of rotatable bonds is 2. The van der Waals surface area contributed by atoms with Crippen LogP contribution in [0.2, 0.25) is 0 Å². The van der Waals surface area contributed by atoms with E-state index in [0.717, 1.165) is 17.9 Å². The van der Waals surface area contributed by atoms with Crippen molar-refractivity contribution in [3.8, 4) is 0 Å². The number of aromatic nitrogens is 1. The third-order valence-electron chi connectivity index (χ3n) is 5.29. The molecule has 3 unspecified atom stereocenters. The maximum Gasteiger partial charge on any atom is 0.0739 e. The molecule has 112 valence electrons. The standard InChI is InChI=1S/C19H24ClN/c1-13-9-10-15(17(20)12-13)19(2,3)16-8-4-6-14-7-5-11-21-18(14)16/h4-8,11,13,15,17H,9-10,12H2,1-3H3. The van der Waals surface area contributed by atoms with Crippen LogP contribution in [0.5, 0.6) is 0 Å². The van der Waals surface area contributed by atoms with Crippen molar-refractivity contribution >= 4 is 22.5 Å². The molecule has 0 bridgehead atoms. The minimum Gasteiger partial charge on any atom is -0.256 e. The first-order chi connectivity index (χ1) is 10.00. The fourth-order valence-electron chi connectivity index (χ4n) is 3.95. The highest BCUT2D eigenvalue weighted by Crippen LogP contribution is 2.45. The molecule has 1 nitrogen and oxygen atoms in total. The number of hydrogen-bond donors (Lipinski definition) is 0. The number of para-hydroxylation sites is 1. The lowest BCUT2D eigenvalue weighted by Gasteiger charge is -2.42. The molecule has 2 heteroatoms. The lowest BCUT2D eigenvalue weighted by atomic mass is 9.65. The molecule has 0 amide bonds. The van der Waals surface area contributed by atoms with Gasteiger partial charge in [0.1, 0.15) is 0 Å². The number of nitrogens with zero attached hydrogens (tertiary/aromatic N) is 1. The van der Waals surface area contributed by atoms with E-state index in [1.807, 2.05) is 12.3 Å². The zero-order chi connectivity index (χ0) is 15.0. The van der Waals surface area contributed by atoms with E-state index in [2.05, 4.69) is 50.0 Å². The molecule has 1 fully saturated rings. The van der Waals surface area contributed by atoms with Crippen LogP contribution in [-0.4, -0.2) is 10.4 Å². The van der Waals surface area contributed by atoms with Crippen molar-refractivity contribution in [3.05, 3.63) is 42.1 Å². The molecule has 2 aromatic rings. The highest BCUT2D eigenvalue weighted by Gasteiger charge is 2.40. The second-order valence-electron chi connectivity index (χ2n) is 7.14. The molecule has 1 heterocycles. The van der Waals surface area contributed by atoms with Crippen LogP contribution in [0.15, 0.2) is 36.5 Å². The van der Waals surface area contributed by atoms with Gasteiger partial charge in [0.2, 0.25) is 0 Å². The first-order valence-electron chi connectivity index (χ1n) is 7.98. The molecule has 0 radical (unpaired) electrons. The fourth-order valence-corrected chi connectivity index (χ4v) is 4.69. The Hall–Kier alpha value is -1.08. The Kier molecular flexibility index (Phi) is 3.96. The van der Waals surface area contributed by atoms with Crippen LogP contribution >= 0.6 is 11.6 Å². The first-order valence-corrected chi connectivity index (χ1v) is 8.42. The van der Waals surface area contributed by atoms with Crippen LogP contribution in [0.1, 0.15) is 45.6 Å². The molecule has 1 aliphatic rings. The smallest absolute Gasteiger partial charge is 0.0739 e. The summed E-state index contributed by atoms with van der Waals surface area (Å²) in [4.78, 5) is 4.64. The van der Waals surface area contributed by atoms with Crippen LogP contribution < -0.4 is 0 Å². The lowest BCUT2D eigenvalue weighted by Crippen LogP contribution is -2.39. The van der Waals surface area contributed by atoms with Gasteiger partial charge >= 0.3 is 0 Å². The normalized spacial score (nSPS) is 27.0. The second-order valence-corrected chi connectivity index (χ2v) is 7.70. The van der Waals surface area contributed by atoms with Crippen LogP contribution in [0.25, 0.3) is 10.9 Å². The van der Waals surface area contributed by atoms with Crippen molar-refractivity contribution in [2.45, 2.75) is 50.8 Å². The van der Waals surface area contributed by atoms with E-state index in [1.165, 1.54) is 23.8 Å². The Balaban J connectivity index is 2.04. The Morgan fingerprint density at radius 2 is 1.90 bits per heavy atom. The van der Waals surface area contributed by atoms with Crippen LogP contribution in [0.4, 0.5) is 0 Å². The van der Waals surface area contributed by atoms with Gasteiger partial charge in [-0.25, -0.2) is 0 Å². The lowest BCUT2D eigenvalue weighted by molar-refractivity contribution is 0.208. The summed E-state index contributed by atoms with van der Waals surface area (Å²) in [6.45, 7) is 7.00. The maximum absolute atomic E-state index is 6.74. The summed E-state index contributed by atoms with van der Waals surface area (Å²) in [6, 6.07) is 10.7. The summed E-state index contributed by atoms with van der Waals surface area (Å²) in [6.07, 6.45) is 5.53. The van der Waals surface area contributed by atoms with Gasteiger partial charge in [-0.15, -0.1) is 11.6 Å². The molecule has 21 heavy (non-hydrogen) atoms. The number of halogens is 1. The highest BCUT2D eigenvalue weighted by atomic mass is 35.5. The topological polar surface area (TPSA) is 12.9 Å². The third-order valence-corrected chi connectivity index (χ3v) is 5.77. The van der Waals surface area contributed by atoms with Gasteiger partial charge in [0.05, 0.1) is 5.52 Å². The number of benzene rings is 1. The van der Waals surface area contributed by atoms with E-state index in [9.17, 15) is 0 Å². The zero-order valence-corrected chi connectivity index (χ0v) is 13.9. The summed E-state index contributed by atoms with van der Waals surface area (Å²) in [5, 5.41) is 1.49. The Bertz CT molecular complexity index is 629. The predicted molar refractivity (Wildman–Crippen MR) is 90.9 cm³/mol. The second kappa shape index (κ2) is 5.61. The van der Waals surface area contributed by atoms with E-state index in [-0.39, 0.29) is 10.8 Å². The van der Waals surface area contributed by atoms with Gasteiger partial charge in [-0.2, -0.15) is 0 Å². The van der Waals surface area contributed by atoms with Crippen molar-refractivity contribution < 1.29 is 0 Å². The van der Waals surface area contributed by atoms with Crippen LogP contribution in [0, 0.1) is 11.8 Å². The third kappa shape index (κ3) is 2.68. The fraction of sp³-hybridized carbons (Fsp3) is 0.526. The van der Waals surface area contributed by atoms with Crippen LogP contribution in [0.3, 0.4) is 0 Å². The SMILES string of the molecule is CC1CCC(C(C)(C)c2cccc3cccnc23)C(Cl)C1. The average Bonchev–Trinajstić information content (AvgIpc) is 2.46. The highest BCUT2D eigenvalue weighted by molar-refractivity contribution is 6.21. The number of pyridine rings is 1. The van der Waals surface area contributed by atoms with Gasteiger partial charge < -0.3 is 0 Å². The molecule has 3 atom stereocenters. The van der Waals surface area contributed by atoms with Crippen LogP contribution in [-0.2, 0) is 5.41 Å². The van der Waals surface area contributed by atoms with Gasteiger partial charge in [-0.05, 0) is 41.7 Å². The summed E-state index contributed by atoms with van der Waals surface area (Å²) in [5.74, 6) is 1.27. The van der Waals surface area contributed by atoms with E-state index < -0.39 is 0 Å². The number of fused-ring (bicyclic) bond motifs is 1. The number of hydrogen-bond acceptors (Lipinski definition) is 1. The van der Waals surface area contributed by atoms with Gasteiger partial charge in [0.15, 0.2) is 0 Å². The van der Waals surface area contributed by atoms with E-state index in [1.54, 1.807) is 0 Å². The van der Waals surface area contributed by atoms with Gasteiger partial charge in [0.25, 0.3) is 0 Å². The molecule has 1 aliphatic carbocycles. The minimum absolute atomic E-state index is 0.0560. The monoisotopic (exact) mass is 301 g/mol. The Morgan fingerprint density at radius 3 is 2.67 bits per heavy atom. The molecule has 0 spiro atoms. The summed E-state index contributed by atoms with van der Waals surface area (Å²) in [5.41, 5.74) is 2.53. The van der Waals surface area contributed by atoms with E-state index in [4.69, 9.17) is 11.6 Å². The summed E-state index contributed by atoms with van der Waals surface area (Å²) >= 11 is 6.74. The van der Waals surface area contributed by atoms with Crippen molar-refractivity contribution in [3.63, 3.8) is 0 Å². The average molecular weight is 302 g/mol. The van der Waals surface area contributed by atoms with Crippen molar-refractivity contribution in [1.82, 2.24) is 4.98 Å².